The summed E-state index contributed by atoms with van der Waals surface area (Å²) in [6, 6.07) is 4.29. The van der Waals surface area contributed by atoms with E-state index in [1.165, 1.54) is 18.2 Å². The van der Waals surface area contributed by atoms with Crippen molar-refractivity contribution < 1.29 is 14.5 Å². The van der Waals surface area contributed by atoms with Gasteiger partial charge in [0.15, 0.2) is 0 Å². The standard InChI is InChI=1S/C13H15ClN2O4/c1-20-7-6-15(10-3-4-10)13(17)9-2-5-12(16(18)19)11(14)8-9/h2,5,8,10H,3-4,6-7H2,1H3. The molecule has 1 aliphatic carbocycles. The lowest BCUT2D eigenvalue weighted by molar-refractivity contribution is -0.384. The van der Waals surface area contributed by atoms with E-state index in [9.17, 15) is 14.9 Å². The lowest BCUT2D eigenvalue weighted by Crippen LogP contribution is -2.35. The zero-order chi connectivity index (χ0) is 14.7. The molecule has 0 spiro atoms. The normalized spacial score (nSPS) is 14.1. The molecule has 108 valence electrons. The molecule has 0 radical (unpaired) electrons. The number of carbonyl (C=O) groups is 1. The Labute approximate surface area is 121 Å². The van der Waals surface area contributed by atoms with Gasteiger partial charge in [-0.25, -0.2) is 0 Å². The molecule has 0 unspecified atom stereocenters. The summed E-state index contributed by atoms with van der Waals surface area (Å²) in [4.78, 5) is 24.3. The molecule has 20 heavy (non-hydrogen) atoms. The van der Waals surface area contributed by atoms with E-state index in [4.69, 9.17) is 16.3 Å². The maximum absolute atomic E-state index is 12.4. The monoisotopic (exact) mass is 298 g/mol. The summed E-state index contributed by atoms with van der Waals surface area (Å²) >= 11 is 5.84. The zero-order valence-corrected chi connectivity index (χ0v) is 11.8. The average Bonchev–Trinajstić information content (AvgIpc) is 3.23. The molecule has 0 bridgehead atoms. The Morgan fingerprint density at radius 3 is 2.75 bits per heavy atom. The summed E-state index contributed by atoms with van der Waals surface area (Å²) in [7, 11) is 1.58. The Kier molecular flexibility index (Phi) is 4.57. The molecular formula is C13H15ClN2O4. The first kappa shape index (κ1) is 14.7. The van der Waals surface area contributed by atoms with Gasteiger partial charge < -0.3 is 9.64 Å². The summed E-state index contributed by atoms with van der Waals surface area (Å²) in [6.07, 6.45) is 1.96. The summed E-state index contributed by atoms with van der Waals surface area (Å²) < 4.78 is 5.00. The highest BCUT2D eigenvalue weighted by Crippen LogP contribution is 2.30. The number of benzene rings is 1. The topological polar surface area (TPSA) is 72.7 Å². The van der Waals surface area contributed by atoms with Crippen LogP contribution >= 0.6 is 11.6 Å². The van der Waals surface area contributed by atoms with Crippen molar-refractivity contribution in [3.8, 4) is 0 Å². The van der Waals surface area contributed by atoms with E-state index in [-0.39, 0.29) is 22.7 Å². The first-order chi connectivity index (χ1) is 9.54. The van der Waals surface area contributed by atoms with Crippen LogP contribution in [0.25, 0.3) is 0 Å². The number of nitro groups is 1. The largest absolute Gasteiger partial charge is 0.383 e. The molecule has 0 aliphatic heterocycles. The van der Waals surface area contributed by atoms with Crippen molar-refractivity contribution in [2.45, 2.75) is 18.9 Å². The average molecular weight is 299 g/mol. The van der Waals surface area contributed by atoms with Crippen molar-refractivity contribution in [1.29, 1.82) is 0 Å². The van der Waals surface area contributed by atoms with Gasteiger partial charge >= 0.3 is 0 Å². The van der Waals surface area contributed by atoms with E-state index in [1.54, 1.807) is 12.0 Å². The Morgan fingerprint density at radius 1 is 1.55 bits per heavy atom. The number of halogens is 1. The summed E-state index contributed by atoms with van der Waals surface area (Å²) in [5, 5.41) is 10.7. The first-order valence-electron chi connectivity index (χ1n) is 6.28. The van der Waals surface area contributed by atoms with Gasteiger partial charge in [0.05, 0.1) is 11.5 Å². The second kappa shape index (κ2) is 6.19. The second-order valence-electron chi connectivity index (χ2n) is 4.65. The molecule has 1 saturated carbocycles. The third-order valence-electron chi connectivity index (χ3n) is 3.18. The highest BCUT2D eigenvalue weighted by molar-refractivity contribution is 6.33. The zero-order valence-electron chi connectivity index (χ0n) is 11.0. The Balaban J connectivity index is 2.18. The van der Waals surface area contributed by atoms with Crippen molar-refractivity contribution in [1.82, 2.24) is 4.90 Å². The van der Waals surface area contributed by atoms with Gasteiger partial charge in [0.2, 0.25) is 0 Å². The third-order valence-corrected chi connectivity index (χ3v) is 3.48. The minimum atomic E-state index is -0.569. The van der Waals surface area contributed by atoms with Crippen LogP contribution in [0.3, 0.4) is 0 Å². The SMILES string of the molecule is COCCN(C(=O)c1ccc([N+](=O)[O-])c(Cl)c1)C1CC1. The van der Waals surface area contributed by atoms with Crippen molar-refractivity contribution in [2.24, 2.45) is 0 Å². The van der Waals surface area contributed by atoms with Crippen LogP contribution in [-0.2, 0) is 4.74 Å². The highest BCUT2D eigenvalue weighted by atomic mass is 35.5. The van der Waals surface area contributed by atoms with Gasteiger partial charge in [-0.2, -0.15) is 0 Å². The van der Waals surface area contributed by atoms with Gasteiger partial charge in [0.25, 0.3) is 11.6 Å². The number of hydrogen-bond acceptors (Lipinski definition) is 4. The van der Waals surface area contributed by atoms with Gasteiger partial charge in [0.1, 0.15) is 5.02 Å². The van der Waals surface area contributed by atoms with Gasteiger partial charge in [0, 0.05) is 31.3 Å². The predicted octanol–water partition coefficient (Wildman–Crippen LogP) is 2.50. The van der Waals surface area contributed by atoms with Crippen LogP contribution in [0.5, 0.6) is 0 Å². The molecule has 0 aromatic heterocycles. The number of ether oxygens (including phenoxy) is 1. The van der Waals surface area contributed by atoms with E-state index < -0.39 is 4.92 Å². The Morgan fingerprint density at radius 2 is 2.25 bits per heavy atom. The van der Waals surface area contributed by atoms with Crippen LogP contribution in [-0.4, -0.2) is 42.0 Å². The number of rotatable bonds is 6. The smallest absolute Gasteiger partial charge is 0.287 e. The van der Waals surface area contributed by atoms with Crippen LogP contribution in [0, 0.1) is 10.1 Å². The fraction of sp³-hybridized carbons (Fsp3) is 0.462. The highest BCUT2D eigenvalue weighted by Gasteiger charge is 2.33. The van der Waals surface area contributed by atoms with Gasteiger partial charge in [-0.3, -0.25) is 14.9 Å². The molecule has 1 amide bonds. The lowest BCUT2D eigenvalue weighted by atomic mass is 10.1. The Hall–Kier alpha value is -1.66. The van der Waals surface area contributed by atoms with Gasteiger partial charge in [-0.05, 0) is 25.0 Å². The molecule has 6 nitrogen and oxygen atoms in total. The van der Waals surface area contributed by atoms with Gasteiger partial charge in [-0.15, -0.1) is 0 Å². The van der Waals surface area contributed by atoms with Crippen molar-refractivity contribution in [3.05, 3.63) is 38.9 Å². The van der Waals surface area contributed by atoms with Crippen LogP contribution in [0.1, 0.15) is 23.2 Å². The second-order valence-corrected chi connectivity index (χ2v) is 5.05. The molecule has 7 heteroatoms. The molecule has 1 aromatic rings. The minimum absolute atomic E-state index is 0.0247. The van der Waals surface area contributed by atoms with E-state index in [0.717, 1.165) is 12.8 Å². The Bertz CT molecular complexity index is 531. The molecule has 0 heterocycles. The molecule has 0 atom stereocenters. The van der Waals surface area contributed by atoms with Crippen molar-refractivity contribution in [2.75, 3.05) is 20.3 Å². The van der Waals surface area contributed by atoms with Crippen molar-refractivity contribution >= 4 is 23.2 Å². The predicted molar refractivity (Wildman–Crippen MR) is 74.0 cm³/mol. The first-order valence-corrected chi connectivity index (χ1v) is 6.66. The van der Waals surface area contributed by atoms with Gasteiger partial charge in [-0.1, -0.05) is 11.6 Å². The summed E-state index contributed by atoms with van der Waals surface area (Å²) in [5.41, 5.74) is 0.168. The van der Waals surface area contributed by atoms with E-state index >= 15 is 0 Å². The number of methoxy groups -OCH3 is 1. The van der Waals surface area contributed by atoms with E-state index in [1.807, 2.05) is 0 Å². The van der Waals surface area contributed by atoms with Crippen LogP contribution in [0.15, 0.2) is 18.2 Å². The number of hydrogen-bond donors (Lipinski definition) is 0. The fourth-order valence-electron chi connectivity index (χ4n) is 1.98. The molecule has 0 saturated heterocycles. The molecule has 2 rings (SSSR count). The molecular weight excluding hydrogens is 284 g/mol. The third kappa shape index (κ3) is 3.26. The number of nitro benzene ring substituents is 1. The lowest BCUT2D eigenvalue weighted by Gasteiger charge is -2.22. The maximum Gasteiger partial charge on any atom is 0.287 e. The minimum Gasteiger partial charge on any atom is -0.383 e. The quantitative estimate of drug-likeness (QED) is 0.597. The van der Waals surface area contributed by atoms with Crippen LogP contribution in [0.4, 0.5) is 5.69 Å². The van der Waals surface area contributed by atoms with Crippen molar-refractivity contribution in [3.63, 3.8) is 0 Å². The summed E-state index contributed by atoms with van der Waals surface area (Å²) in [6.45, 7) is 0.970. The molecule has 0 N–H and O–H groups in total. The molecule has 1 aliphatic rings. The molecule has 1 fully saturated rings. The van der Waals surface area contributed by atoms with Crippen LogP contribution in [0.2, 0.25) is 5.02 Å². The summed E-state index contributed by atoms with van der Waals surface area (Å²) in [5.74, 6) is -0.165. The maximum atomic E-state index is 12.4. The number of nitrogens with zero attached hydrogens (tertiary/aromatic N) is 2. The molecule has 1 aromatic carbocycles. The van der Waals surface area contributed by atoms with E-state index in [2.05, 4.69) is 0 Å². The fourth-order valence-corrected chi connectivity index (χ4v) is 2.23. The number of carbonyl (C=O) groups excluding carboxylic acids is 1. The number of amides is 1. The van der Waals surface area contributed by atoms with E-state index in [0.29, 0.717) is 18.7 Å². The van der Waals surface area contributed by atoms with Crippen LogP contribution < -0.4 is 0 Å².